The second-order valence-corrected chi connectivity index (χ2v) is 3.04. The maximum absolute atomic E-state index is 11.3. The van der Waals surface area contributed by atoms with Gasteiger partial charge in [0.15, 0.2) is 5.78 Å². The third-order valence-corrected chi connectivity index (χ3v) is 1.85. The van der Waals surface area contributed by atoms with Crippen molar-refractivity contribution >= 4 is 25.2 Å². The molecule has 1 amide bonds. The van der Waals surface area contributed by atoms with E-state index >= 15 is 0 Å². The summed E-state index contributed by atoms with van der Waals surface area (Å²) in [7, 11) is 1.82. The lowest BCUT2D eigenvalue weighted by atomic mass is 9.96. The summed E-state index contributed by atoms with van der Waals surface area (Å²) in [6.07, 6.45) is 0.499. The number of Topliss-reactive ketones (excluding diaryl/α,β-unsaturated/α-hetero) is 1. The number of nitrogens with one attached hydrogen (secondary N) is 1. The number of carbonyl (C=O) groups is 2. The smallest absolute Gasteiger partial charge is 0.221 e. The highest BCUT2D eigenvalue weighted by Gasteiger charge is 2.02. The van der Waals surface area contributed by atoms with Crippen LogP contribution in [0.15, 0.2) is 24.3 Å². The summed E-state index contributed by atoms with van der Waals surface area (Å²) in [4.78, 5) is 22.0. The monoisotopic (exact) mass is 189 g/mol. The van der Waals surface area contributed by atoms with Gasteiger partial charge in [-0.3, -0.25) is 9.59 Å². The van der Waals surface area contributed by atoms with Gasteiger partial charge in [0.25, 0.3) is 0 Å². The first-order valence-corrected chi connectivity index (χ1v) is 4.54. The van der Waals surface area contributed by atoms with Crippen LogP contribution in [-0.4, -0.2) is 19.5 Å². The number of hydrogen-bond donors (Lipinski definition) is 1. The molecule has 1 rings (SSSR count). The molecule has 1 aromatic rings. The Morgan fingerprint density at radius 1 is 1.29 bits per heavy atom. The Kier molecular flexibility index (Phi) is 3.45. The van der Waals surface area contributed by atoms with E-state index in [4.69, 9.17) is 0 Å². The molecular weight excluding hydrogens is 177 g/mol. The number of hydrogen-bond acceptors (Lipinski definition) is 2. The van der Waals surface area contributed by atoms with Crippen molar-refractivity contribution in [3.05, 3.63) is 29.8 Å². The second-order valence-electron chi connectivity index (χ2n) is 3.04. The predicted molar refractivity (Wildman–Crippen MR) is 58.4 cm³/mol. The van der Waals surface area contributed by atoms with Gasteiger partial charge < -0.3 is 5.32 Å². The minimum absolute atomic E-state index is 0.111. The molecule has 72 valence electrons. The van der Waals surface area contributed by atoms with Crippen molar-refractivity contribution in [1.29, 1.82) is 0 Å². The largest absolute Gasteiger partial charge is 0.326 e. The zero-order valence-corrected chi connectivity index (χ0v) is 8.33. The minimum Gasteiger partial charge on any atom is -0.326 e. The molecule has 0 spiro atoms. The lowest BCUT2D eigenvalue weighted by Gasteiger charge is -2.02. The Morgan fingerprint density at radius 3 is 2.29 bits per heavy atom. The number of carbonyl (C=O) groups excluding carboxylic acids is 2. The molecule has 0 saturated heterocycles. The lowest BCUT2D eigenvalue weighted by Crippen LogP contribution is -2.06. The molecule has 4 heteroatoms. The molecule has 1 aromatic carbocycles. The van der Waals surface area contributed by atoms with E-state index in [1.54, 1.807) is 24.3 Å². The highest BCUT2D eigenvalue weighted by molar-refractivity contribution is 6.24. The molecular formula is C10H12BNO2. The fraction of sp³-hybridized carbons (Fsp3) is 0.200. The highest BCUT2D eigenvalue weighted by Crippen LogP contribution is 2.10. The van der Waals surface area contributed by atoms with E-state index in [9.17, 15) is 9.59 Å². The minimum atomic E-state index is -0.112. The average molecular weight is 189 g/mol. The molecule has 0 fully saturated rings. The van der Waals surface area contributed by atoms with Crippen molar-refractivity contribution in [1.82, 2.24) is 0 Å². The molecule has 14 heavy (non-hydrogen) atoms. The quantitative estimate of drug-likeness (QED) is 0.566. The van der Waals surface area contributed by atoms with Gasteiger partial charge in [0.05, 0.1) is 0 Å². The number of benzene rings is 1. The first-order chi connectivity index (χ1) is 6.63. The van der Waals surface area contributed by atoms with E-state index in [-0.39, 0.29) is 11.7 Å². The van der Waals surface area contributed by atoms with E-state index < -0.39 is 0 Å². The molecule has 1 N–H and O–H groups in total. The fourth-order valence-electron chi connectivity index (χ4n) is 1.15. The number of anilines is 1. The molecule has 0 unspecified atom stereocenters. The standard InChI is InChI=1S/C10H12BNO2/c1-7(13)12-9-4-2-8(3-5-9)10(14)6-11/h2-5H,6,11H2,1H3,(H,12,13). The van der Waals surface area contributed by atoms with Crippen molar-refractivity contribution in [2.24, 2.45) is 0 Å². The highest BCUT2D eigenvalue weighted by atomic mass is 16.1. The average Bonchev–Trinajstić information content (AvgIpc) is 2.17. The van der Waals surface area contributed by atoms with E-state index in [0.29, 0.717) is 17.6 Å². The van der Waals surface area contributed by atoms with Gasteiger partial charge in [-0.1, -0.05) is 0 Å². The van der Waals surface area contributed by atoms with Crippen molar-refractivity contribution in [3.63, 3.8) is 0 Å². The van der Waals surface area contributed by atoms with E-state index in [1.807, 2.05) is 7.85 Å². The maximum atomic E-state index is 11.3. The Balaban J connectivity index is 2.78. The predicted octanol–water partition coefficient (Wildman–Crippen LogP) is 0.879. The summed E-state index contributed by atoms with van der Waals surface area (Å²) in [5.74, 6) is -0.000979. The topological polar surface area (TPSA) is 46.2 Å². The SMILES string of the molecule is BCC(=O)c1ccc(NC(C)=O)cc1. The van der Waals surface area contributed by atoms with Crippen molar-refractivity contribution in [2.75, 3.05) is 5.32 Å². The van der Waals surface area contributed by atoms with Crippen LogP contribution in [0.3, 0.4) is 0 Å². The molecule has 0 bridgehead atoms. The van der Waals surface area contributed by atoms with E-state index in [2.05, 4.69) is 5.32 Å². The summed E-state index contributed by atoms with van der Waals surface area (Å²) in [5.41, 5.74) is 1.40. The van der Waals surface area contributed by atoms with Crippen LogP contribution in [0.5, 0.6) is 0 Å². The summed E-state index contributed by atoms with van der Waals surface area (Å²) < 4.78 is 0. The second kappa shape index (κ2) is 4.60. The van der Waals surface area contributed by atoms with E-state index in [0.717, 1.165) is 0 Å². The molecule has 0 atom stereocenters. The van der Waals surface area contributed by atoms with Gasteiger partial charge in [-0.15, -0.1) is 0 Å². The third-order valence-electron chi connectivity index (χ3n) is 1.85. The molecule has 0 saturated carbocycles. The Morgan fingerprint density at radius 2 is 1.86 bits per heavy atom. The molecule has 0 heterocycles. The van der Waals surface area contributed by atoms with Crippen LogP contribution in [-0.2, 0) is 4.79 Å². The number of amides is 1. The van der Waals surface area contributed by atoms with Crippen LogP contribution in [0.25, 0.3) is 0 Å². The van der Waals surface area contributed by atoms with Crippen LogP contribution >= 0.6 is 0 Å². The van der Waals surface area contributed by atoms with Crippen LogP contribution < -0.4 is 5.32 Å². The molecule has 0 aliphatic heterocycles. The van der Waals surface area contributed by atoms with Gasteiger partial charge in [-0.25, -0.2) is 0 Å². The Bertz CT molecular complexity index is 346. The van der Waals surface area contributed by atoms with Gasteiger partial charge >= 0.3 is 0 Å². The zero-order valence-electron chi connectivity index (χ0n) is 8.33. The summed E-state index contributed by atoms with van der Waals surface area (Å²) >= 11 is 0. The molecule has 0 aliphatic rings. The summed E-state index contributed by atoms with van der Waals surface area (Å²) in [6, 6.07) is 6.89. The van der Waals surface area contributed by atoms with Crippen LogP contribution in [0, 0.1) is 0 Å². The van der Waals surface area contributed by atoms with Gasteiger partial charge in [0.1, 0.15) is 7.85 Å². The Hall–Kier alpha value is -1.58. The first kappa shape index (κ1) is 10.5. The number of rotatable bonds is 3. The molecule has 0 radical (unpaired) electrons. The van der Waals surface area contributed by atoms with Gasteiger partial charge in [-0.2, -0.15) is 0 Å². The normalized spacial score (nSPS) is 9.50. The molecule has 3 nitrogen and oxygen atoms in total. The van der Waals surface area contributed by atoms with Crippen molar-refractivity contribution in [2.45, 2.75) is 13.2 Å². The zero-order chi connectivity index (χ0) is 10.6. The van der Waals surface area contributed by atoms with Crippen molar-refractivity contribution < 1.29 is 9.59 Å². The number of ketones is 1. The third kappa shape index (κ3) is 2.73. The lowest BCUT2D eigenvalue weighted by molar-refractivity contribution is -0.114. The summed E-state index contributed by atoms with van der Waals surface area (Å²) in [5, 5.41) is 2.64. The Labute approximate surface area is 83.9 Å². The summed E-state index contributed by atoms with van der Waals surface area (Å²) in [6.45, 7) is 1.45. The van der Waals surface area contributed by atoms with Gasteiger partial charge in [0.2, 0.25) is 5.91 Å². The van der Waals surface area contributed by atoms with Crippen LogP contribution in [0.1, 0.15) is 17.3 Å². The van der Waals surface area contributed by atoms with Gasteiger partial charge in [-0.05, 0) is 30.6 Å². The van der Waals surface area contributed by atoms with E-state index in [1.165, 1.54) is 6.92 Å². The molecule has 0 aliphatic carbocycles. The maximum Gasteiger partial charge on any atom is 0.221 e. The van der Waals surface area contributed by atoms with Crippen molar-refractivity contribution in [3.8, 4) is 0 Å². The fourth-order valence-corrected chi connectivity index (χ4v) is 1.15. The van der Waals surface area contributed by atoms with Gasteiger partial charge in [0, 0.05) is 18.2 Å². The van der Waals surface area contributed by atoms with Crippen LogP contribution in [0.4, 0.5) is 5.69 Å². The van der Waals surface area contributed by atoms with Crippen LogP contribution in [0.2, 0.25) is 6.32 Å². The first-order valence-electron chi connectivity index (χ1n) is 4.54. The molecule has 0 aromatic heterocycles.